The predicted molar refractivity (Wildman–Crippen MR) is 168 cm³/mol. The first-order valence-corrected chi connectivity index (χ1v) is 14.3. The summed E-state index contributed by atoms with van der Waals surface area (Å²) in [5, 5.41) is 10.8. The zero-order valence-corrected chi connectivity index (χ0v) is 24.4. The Balaban J connectivity index is 1.44. The zero-order chi connectivity index (χ0) is 30.8. The number of hydrogen-bond acceptors (Lipinski definition) is 5. The van der Waals surface area contributed by atoms with Crippen LogP contribution in [0.5, 0.6) is 0 Å². The van der Waals surface area contributed by atoms with Crippen molar-refractivity contribution < 1.29 is 23.6 Å². The molecule has 0 fully saturated rings. The lowest BCUT2D eigenvalue weighted by molar-refractivity contribution is -0.114. The van der Waals surface area contributed by atoms with Crippen molar-refractivity contribution in [2.45, 2.75) is 11.8 Å². The molecule has 0 radical (unpaired) electrons. The number of amides is 4. The van der Waals surface area contributed by atoms with Crippen LogP contribution in [0.1, 0.15) is 22.8 Å². The molecule has 0 aromatic heterocycles. The van der Waals surface area contributed by atoms with Gasteiger partial charge in [-0.1, -0.05) is 41.9 Å². The number of halogens is 2. The molecule has 4 amide bonds. The highest BCUT2D eigenvalue weighted by Crippen LogP contribution is 2.24. The van der Waals surface area contributed by atoms with E-state index in [1.807, 2.05) is 0 Å². The molecule has 4 rings (SSSR count). The van der Waals surface area contributed by atoms with E-state index in [1.165, 1.54) is 43.0 Å². The maximum atomic E-state index is 14.5. The zero-order valence-electron chi connectivity index (χ0n) is 22.8. The normalized spacial score (nSPS) is 10.9. The van der Waals surface area contributed by atoms with Crippen LogP contribution in [0.15, 0.2) is 108 Å². The highest BCUT2D eigenvalue weighted by atomic mass is 35.5. The molecular formula is C32H26ClFN4O4S. The van der Waals surface area contributed by atoms with Crippen LogP contribution < -0.4 is 21.3 Å². The third-order valence-corrected chi connectivity index (χ3v) is 7.09. The standard InChI is InChI=1S/C32H26ClFN4O4S/c1-20(39)35-22-13-15-23(16-14-22)36-30(40)19-43-25-10-5-9-24(17-25)37-32(42)29(18-26-27(33)11-6-12-28(26)34)38-31(41)21-7-3-2-4-8-21/h2-18H,19H2,1H3,(H,35,39)(H,36,40)(H,37,42)(H,38,41)/b29-18+. The van der Waals surface area contributed by atoms with Crippen LogP contribution in [-0.4, -0.2) is 29.4 Å². The van der Waals surface area contributed by atoms with Gasteiger partial charge in [0.15, 0.2) is 0 Å². The molecule has 0 saturated heterocycles. The van der Waals surface area contributed by atoms with Crippen molar-refractivity contribution in [3.63, 3.8) is 0 Å². The van der Waals surface area contributed by atoms with Gasteiger partial charge in [0.1, 0.15) is 11.5 Å². The third-order valence-electron chi connectivity index (χ3n) is 5.77. The lowest BCUT2D eigenvalue weighted by Crippen LogP contribution is -2.30. The van der Waals surface area contributed by atoms with Gasteiger partial charge in [0, 0.05) is 40.0 Å². The largest absolute Gasteiger partial charge is 0.326 e. The molecule has 218 valence electrons. The summed E-state index contributed by atoms with van der Waals surface area (Å²) in [7, 11) is 0. The van der Waals surface area contributed by atoms with Gasteiger partial charge in [0.05, 0.1) is 10.8 Å². The molecular weight excluding hydrogens is 591 g/mol. The topological polar surface area (TPSA) is 116 Å². The number of carbonyl (C=O) groups excluding carboxylic acids is 4. The van der Waals surface area contributed by atoms with Crippen molar-refractivity contribution in [2.75, 3.05) is 21.7 Å². The number of nitrogens with one attached hydrogen (secondary N) is 4. The lowest BCUT2D eigenvalue weighted by atomic mass is 10.1. The SMILES string of the molecule is CC(=O)Nc1ccc(NC(=O)CSc2cccc(NC(=O)/C(=C\c3c(F)cccc3Cl)NC(=O)c3ccccc3)c2)cc1. The van der Waals surface area contributed by atoms with Crippen LogP contribution in [0.25, 0.3) is 6.08 Å². The fourth-order valence-electron chi connectivity index (χ4n) is 3.78. The molecule has 4 aromatic rings. The Morgan fingerprint density at radius 2 is 1.47 bits per heavy atom. The van der Waals surface area contributed by atoms with Gasteiger partial charge in [-0.05, 0) is 72.8 Å². The fourth-order valence-corrected chi connectivity index (χ4v) is 4.76. The Bertz CT molecular complexity index is 1660. The molecule has 0 spiro atoms. The molecule has 0 bridgehead atoms. The van der Waals surface area contributed by atoms with E-state index in [9.17, 15) is 23.6 Å². The van der Waals surface area contributed by atoms with Gasteiger partial charge in [0.25, 0.3) is 11.8 Å². The summed E-state index contributed by atoms with van der Waals surface area (Å²) in [6, 6.07) is 25.9. The number of rotatable bonds is 10. The highest BCUT2D eigenvalue weighted by Gasteiger charge is 2.17. The molecule has 0 aliphatic carbocycles. The number of carbonyl (C=O) groups is 4. The monoisotopic (exact) mass is 616 g/mol. The quantitative estimate of drug-likeness (QED) is 0.119. The Morgan fingerprint density at radius 1 is 0.791 bits per heavy atom. The van der Waals surface area contributed by atoms with E-state index >= 15 is 0 Å². The highest BCUT2D eigenvalue weighted by molar-refractivity contribution is 8.00. The summed E-state index contributed by atoms with van der Waals surface area (Å²) in [5.41, 5.74) is 1.62. The van der Waals surface area contributed by atoms with Crippen molar-refractivity contribution in [1.82, 2.24) is 5.32 Å². The summed E-state index contributed by atoms with van der Waals surface area (Å²) in [6.45, 7) is 1.41. The van der Waals surface area contributed by atoms with Gasteiger partial charge in [-0.3, -0.25) is 19.2 Å². The van der Waals surface area contributed by atoms with E-state index in [2.05, 4.69) is 21.3 Å². The van der Waals surface area contributed by atoms with E-state index in [0.717, 1.165) is 0 Å². The summed E-state index contributed by atoms with van der Waals surface area (Å²) in [6.07, 6.45) is 1.18. The molecule has 43 heavy (non-hydrogen) atoms. The molecule has 0 unspecified atom stereocenters. The van der Waals surface area contributed by atoms with Crippen LogP contribution >= 0.6 is 23.4 Å². The number of hydrogen-bond donors (Lipinski definition) is 4. The van der Waals surface area contributed by atoms with Gasteiger partial charge in [-0.15, -0.1) is 11.8 Å². The van der Waals surface area contributed by atoms with Crippen molar-refractivity contribution in [3.8, 4) is 0 Å². The van der Waals surface area contributed by atoms with E-state index < -0.39 is 17.6 Å². The number of thioether (sulfide) groups is 1. The van der Waals surface area contributed by atoms with Crippen molar-refractivity contribution in [1.29, 1.82) is 0 Å². The first-order valence-electron chi connectivity index (χ1n) is 12.9. The van der Waals surface area contributed by atoms with Crippen molar-refractivity contribution >= 4 is 70.1 Å². The smallest absolute Gasteiger partial charge is 0.272 e. The predicted octanol–water partition coefficient (Wildman–Crippen LogP) is 6.58. The second-order valence-electron chi connectivity index (χ2n) is 9.09. The first-order chi connectivity index (χ1) is 20.7. The first kappa shape index (κ1) is 31.0. The van der Waals surface area contributed by atoms with Crippen LogP contribution in [-0.2, 0) is 14.4 Å². The van der Waals surface area contributed by atoms with Crippen LogP contribution in [0.3, 0.4) is 0 Å². The summed E-state index contributed by atoms with van der Waals surface area (Å²) < 4.78 is 14.5. The van der Waals surface area contributed by atoms with E-state index in [-0.39, 0.29) is 33.9 Å². The van der Waals surface area contributed by atoms with Crippen molar-refractivity contribution in [3.05, 3.63) is 125 Å². The van der Waals surface area contributed by atoms with E-state index in [0.29, 0.717) is 27.5 Å². The van der Waals surface area contributed by atoms with Crippen molar-refractivity contribution in [2.24, 2.45) is 0 Å². The molecule has 0 aliphatic rings. The average molecular weight is 617 g/mol. The Morgan fingerprint density at radius 3 is 2.14 bits per heavy atom. The molecule has 0 aliphatic heterocycles. The number of benzene rings is 4. The van der Waals surface area contributed by atoms with E-state index in [4.69, 9.17) is 11.6 Å². The second kappa shape index (κ2) is 14.8. The minimum Gasteiger partial charge on any atom is -0.326 e. The molecule has 8 nitrogen and oxygen atoms in total. The molecule has 4 aromatic carbocycles. The summed E-state index contributed by atoms with van der Waals surface area (Å²) in [4.78, 5) is 50.5. The van der Waals surface area contributed by atoms with Gasteiger partial charge < -0.3 is 21.3 Å². The molecule has 11 heteroatoms. The Kier molecular flexibility index (Phi) is 10.7. The van der Waals surface area contributed by atoms with Gasteiger partial charge >= 0.3 is 0 Å². The summed E-state index contributed by atoms with van der Waals surface area (Å²) >= 11 is 7.42. The van der Waals surface area contributed by atoms with Gasteiger partial charge in [-0.25, -0.2) is 4.39 Å². The van der Waals surface area contributed by atoms with Crippen LogP contribution in [0.2, 0.25) is 5.02 Å². The average Bonchev–Trinajstić information content (AvgIpc) is 2.98. The third kappa shape index (κ3) is 9.29. The molecule has 0 atom stereocenters. The molecule has 0 saturated carbocycles. The fraction of sp³-hybridized carbons (Fsp3) is 0.0625. The Labute approximate surface area is 256 Å². The minimum absolute atomic E-state index is 0.0530. The molecule has 0 heterocycles. The van der Waals surface area contributed by atoms with Gasteiger partial charge in [-0.2, -0.15) is 0 Å². The minimum atomic E-state index is -0.703. The lowest BCUT2D eigenvalue weighted by Gasteiger charge is -2.13. The number of anilines is 3. The Hall–Kier alpha value is -4.93. The van der Waals surface area contributed by atoms with E-state index in [1.54, 1.807) is 78.9 Å². The molecule has 4 N–H and O–H groups in total. The maximum absolute atomic E-state index is 14.5. The second-order valence-corrected chi connectivity index (χ2v) is 10.5. The maximum Gasteiger partial charge on any atom is 0.272 e. The van der Waals surface area contributed by atoms with Gasteiger partial charge in [0.2, 0.25) is 11.8 Å². The van der Waals surface area contributed by atoms with Crippen LogP contribution in [0.4, 0.5) is 21.5 Å². The summed E-state index contributed by atoms with van der Waals surface area (Å²) in [5.74, 6) is -2.27. The van der Waals surface area contributed by atoms with Crippen LogP contribution in [0, 0.1) is 5.82 Å².